The first-order valence-corrected chi connectivity index (χ1v) is 6.74. The summed E-state index contributed by atoms with van der Waals surface area (Å²) in [6, 6.07) is 11.7. The predicted molar refractivity (Wildman–Crippen MR) is 73.6 cm³/mol. The van der Waals surface area contributed by atoms with Gasteiger partial charge in [0.25, 0.3) is 5.91 Å². The molecular formula is C15H19N3O. The Bertz CT molecular complexity index is 458. The Hall–Kier alpha value is -1.86. The second kappa shape index (κ2) is 6.35. The number of benzene rings is 1. The predicted octanol–water partition coefficient (Wildman–Crippen LogP) is 1.75. The lowest BCUT2D eigenvalue weighted by molar-refractivity contribution is 0.0604. The van der Waals surface area contributed by atoms with E-state index in [4.69, 9.17) is 5.26 Å². The monoisotopic (exact) mass is 257 g/mol. The van der Waals surface area contributed by atoms with Gasteiger partial charge >= 0.3 is 0 Å². The van der Waals surface area contributed by atoms with Gasteiger partial charge in [0.05, 0.1) is 12.1 Å². The normalized spacial score (nSPS) is 17.8. The lowest BCUT2D eigenvalue weighted by Gasteiger charge is -2.36. The summed E-state index contributed by atoms with van der Waals surface area (Å²) in [4.78, 5) is 16.3. The van der Waals surface area contributed by atoms with Crippen molar-refractivity contribution in [1.82, 2.24) is 9.80 Å². The van der Waals surface area contributed by atoms with Crippen molar-refractivity contribution in [2.75, 3.05) is 26.2 Å². The SMILES string of the molecule is CCC(C#N)N1CCN(C(=O)c2ccccc2)CC1. The molecule has 4 heteroatoms. The molecule has 0 aromatic heterocycles. The molecule has 1 amide bonds. The fraction of sp³-hybridized carbons (Fsp3) is 0.467. The Morgan fingerprint density at radius 3 is 2.42 bits per heavy atom. The van der Waals surface area contributed by atoms with Crippen LogP contribution in [-0.2, 0) is 0 Å². The zero-order valence-electron chi connectivity index (χ0n) is 11.2. The minimum Gasteiger partial charge on any atom is -0.336 e. The largest absolute Gasteiger partial charge is 0.336 e. The molecule has 1 heterocycles. The molecule has 19 heavy (non-hydrogen) atoms. The Balaban J connectivity index is 1.94. The molecule has 1 aromatic rings. The first-order chi connectivity index (χ1) is 9.26. The number of amides is 1. The molecule has 1 atom stereocenters. The fourth-order valence-corrected chi connectivity index (χ4v) is 2.43. The number of hydrogen-bond donors (Lipinski definition) is 0. The average molecular weight is 257 g/mol. The summed E-state index contributed by atoms with van der Waals surface area (Å²) in [6.07, 6.45) is 0.836. The molecule has 0 aliphatic carbocycles. The molecule has 2 rings (SSSR count). The molecular weight excluding hydrogens is 238 g/mol. The van der Waals surface area contributed by atoms with Crippen LogP contribution in [-0.4, -0.2) is 47.9 Å². The van der Waals surface area contributed by atoms with Crippen LogP contribution in [0, 0.1) is 11.3 Å². The molecule has 0 spiro atoms. The zero-order chi connectivity index (χ0) is 13.7. The van der Waals surface area contributed by atoms with Gasteiger partial charge in [0.15, 0.2) is 0 Å². The van der Waals surface area contributed by atoms with Crippen LogP contribution >= 0.6 is 0 Å². The van der Waals surface area contributed by atoms with Crippen LogP contribution in [0.4, 0.5) is 0 Å². The van der Waals surface area contributed by atoms with E-state index in [2.05, 4.69) is 11.0 Å². The van der Waals surface area contributed by atoms with Crippen LogP contribution in [0.1, 0.15) is 23.7 Å². The Morgan fingerprint density at radius 1 is 1.26 bits per heavy atom. The fourth-order valence-electron chi connectivity index (χ4n) is 2.43. The molecule has 1 saturated heterocycles. The van der Waals surface area contributed by atoms with Crippen molar-refractivity contribution >= 4 is 5.91 Å². The van der Waals surface area contributed by atoms with E-state index in [0.717, 1.165) is 25.1 Å². The molecule has 1 aromatic carbocycles. The standard InChI is InChI=1S/C15H19N3O/c1-2-14(12-16)17-8-10-18(11-9-17)15(19)13-6-4-3-5-7-13/h3-7,14H,2,8-11H2,1H3. The molecule has 1 fully saturated rings. The van der Waals surface area contributed by atoms with Gasteiger partial charge in [0, 0.05) is 31.7 Å². The summed E-state index contributed by atoms with van der Waals surface area (Å²) in [5.41, 5.74) is 0.739. The number of piperazine rings is 1. The number of rotatable bonds is 3. The van der Waals surface area contributed by atoms with Crippen LogP contribution in [0.3, 0.4) is 0 Å². The molecule has 0 bridgehead atoms. The smallest absolute Gasteiger partial charge is 0.253 e. The minimum absolute atomic E-state index is 0.0195. The van der Waals surface area contributed by atoms with Gasteiger partial charge in [0.2, 0.25) is 0 Å². The molecule has 100 valence electrons. The molecule has 0 radical (unpaired) electrons. The van der Waals surface area contributed by atoms with E-state index in [1.807, 2.05) is 42.2 Å². The Kier molecular flexibility index (Phi) is 4.53. The van der Waals surface area contributed by atoms with Crippen molar-refractivity contribution in [1.29, 1.82) is 5.26 Å². The van der Waals surface area contributed by atoms with Gasteiger partial charge < -0.3 is 4.90 Å². The first-order valence-electron chi connectivity index (χ1n) is 6.74. The third-order valence-electron chi connectivity index (χ3n) is 3.60. The van der Waals surface area contributed by atoms with E-state index in [-0.39, 0.29) is 11.9 Å². The zero-order valence-corrected chi connectivity index (χ0v) is 11.2. The van der Waals surface area contributed by atoms with Crippen molar-refractivity contribution in [2.24, 2.45) is 0 Å². The van der Waals surface area contributed by atoms with Crippen molar-refractivity contribution in [3.8, 4) is 6.07 Å². The number of carbonyl (C=O) groups excluding carboxylic acids is 1. The molecule has 0 N–H and O–H groups in total. The summed E-state index contributed by atoms with van der Waals surface area (Å²) in [5.74, 6) is 0.0882. The van der Waals surface area contributed by atoms with Crippen LogP contribution in [0.2, 0.25) is 0 Å². The Morgan fingerprint density at radius 2 is 1.89 bits per heavy atom. The maximum absolute atomic E-state index is 12.3. The van der Waals surface area contributed by atoms with E-state index < -0.39 is 0 Å². The third kappa shape index (κ3) is 3.12. The van der Waals surface area contributed by atoms with Crippen LogP contribution in [0.15, 0.2) is 30.3 Å². The summed E-state index contributed by atoms with van der Waals surface area (Å²) in [6.45, 7) is 4.99. The highest BCUT2D eigenvalue weighted by atomic mass is 16.2. The maximum atomic E-state index is 12.3. The molecule has 0 saturated carbocycles. The van der Waals surface area contributed by atoms with Crippen molar-refractivity contribution in [3.63, 3.8) is 0 Å². The minimum atomic E-state index is -0.0195. The maximum Gasteiger partial charge on any atom is 0.253 e. The van der Waals surface area contributed by atoms with Crippen LogP contribution < -0.4 is 0 Å². The lowest BCUT2D eigenvalue weighted by atomic mass is 10.1. The summed E-state index contributed by atoms with van der Waals surface area (Å²) in [7, 11) is 0. The van der Waals surface area contributed by atoms with E-state index in [1.165, 1.54) is 0 Å². The van der Waals surface area contributed by atoms with Crippen molar-refractivity contribution < 1.29 is 4.79 Å². The van der Waals surface area contributed by atoms with E-state index in [1.54, 1.807) is 0 Å². The molecule has 1 unspecified atom stereocenters. The van der Waals surface area contributed by atoms with Crippen LogP contribution in [0.5, 0.6) is 0 Å². The number of nitrogens with zero attached hydrogens (tertiary/aromatic N) is 3. The van der Waals surface area contributed by atoms with Crippen molar-refractivity contribution in [3.05, 3.63) is 35.9 Å². The quantitative estimate of drug-likeness (QED) is 0.828. The van der Waals surface area contributed by atoms with E-state index in [9.17, 15) is 4.79 Å². The second-order valence-electron chi connectivity index (χ2n) is 4.75. The molecule has 4 nitrogen and oxygen atoms in total. The van der Waals surface area contributed by atoms with Gasteiger partial charge in [-0.15, -0.1) is 0 Å². The lowest BCUT2D eigenvalue weighted by Crippen LogP contribution is -2.51. The van der Waals surface area contributed by atoms with E-state index >= 15 is 0 Å². The van der Waals surface area contributed by atoms with Crippen LogP contribution in [0.25, 0.3) is 0 Å². The molecule has 1 aliphatic heterocycles. The van der Waals surface area contributed by atoms with Gasteiger partial charge in [-0.1, -0.05) is 25.1 Å². The first kappa shape index (κ1) is 13.6. The summed E-state index contributed by atoms with van der Waals surface area (Å²) < 4.78 is 0. The summed E-state index contributed by atoms with van der Waals surface area (Å²) in [5, 5.41) is 9.06. The van der Waals surface area contributed by atoms with E-state index in [0.29, 0.717) is 13.1 Å². The molecule has 1 aliphatic rings. The third-order valence-corrected chi connectivity index (χ3v) is 3.60. The highest BCUT2D eigenvalue weighted by Gasteiger charge is 2.25. The highest BCUT2D eigenvalue weighted by molar-refractivity contribution is 5.94. The van der Waals surface area contributed by atoms with Gasteiger partial charge in [-0.25, -0.2) is 0 Å². The summed E-state index contributed by atoms with van der Waals surface area (Å²) >= 11 is 0. The number of carbonyl (C=O) groups is 1. The van der Waals surface area contributed by atoms with Gasteiger partial charge in [-0.3, -0.25) is 9.69 Å². The number of nitriles is 1. The van der Waals surface area contributed by atoms with Gasteiger partial charge in [-0.2, -0.15) is 5.26 Å². The number of hydrogen-bond acceptors (Lipinski definition) is 3. The van der Waals surface area contributed by atoms with Gasteiger partial charge in [-0.05, 0) is 18.6 Å². The topological polar surface area (TPSA) is 47.3 Å². The average Bonchev–Trinajstić information content (AvgIpc) is 2.49. The van der Waals surface area contributed by atoms with Gasteiger partial charge in [0.1, 0.15) is 0 Å². The second-order valence-corrected chi connectivity index (χ2v) is 4.75. The highest BCUT2D eigenvalue weighted by Crippen LogP contribution is 2.11. The Labute approximate surface area is 114 Å². The van der Waals surface area contributed by atoms with Crippen molar-refractivity contribution in [2.45, 2.75) is 19.4 Å².